The highest BCUT2D eigenvalue weighted by Gasteiger charge is 2.13. The summed E-state index contributed by atoms with van der Waals surface area (Å²) in [6.07, 6.45) is 0.985. The van der Waals surface area contributed by atoms with Gasteiger partial charge < -0.3 is 9.80 Å². The normalized spacial score (nSPS) is 10.7. The Labute approximate surface area is 165 Å². The van der Waals surface area contributed by atoms with Crippen molar-refractivity contribution in [2.45, 2.75) is 26.4 Å². The lowest BCUT2D eigenvalue weighted by Gasteiger charge is -2.18. The summed E-state index contributed by atoms with van der Waals surface area (Å²) in [5, 5.41) is 12.4. The molecule has 7 nitrogen and oxygen atoms in total. The molecule has 1 aromatic heterocycles. The van der Waals surface area contributed by atoms with Gasteiger partial charge in [0.05, 0.1) is 0 Å². The molecule has 0 atom stereocenters. The van der Waals surface area contributed by atoms with Crippen molar-refractivity contribution in [1.29, 1.82) is 0 Å². The average molecular weight is 378 g/mol. The van der Waals surface area contributed by atoms with Crippen molar-refractivity contribution < 1.29 is 4.79 Å². The topological polar surface area (TPSA) is 67.2 Å². The molecule has 7 heteroatoms. The molecule has 28 heavy (non-hydrogen) atoms. The molecule has 0 bridgehead atoms. The fourth-order valence-corrected chi connectivity index (χ4v) is 2.82. The van der Waals surface area contributed by atoms with Gasteiger partial charge in [-0.05, 0) is 34.9 Å². The first-order valence-corrected chi connectivity index (χ1v) is 9.33. The van der Waals surface area contributed by atoms with Crippen LogP contribution in [-0.2, 0) is 24.3 Å². The van der Waals surface area contributed by atoms with E-state index in [9.17, 15) is 4.79 Å². The zero-order chi connectivity index (χ0) is 20.1. The molecule has 1 amide bonds. The number of carbonyl (C=O) groups is 1. The molecular weight excluding hydrogens is 352 g/mol. The third-order valence-electron chi connectivity index (χ3n) is 4.65. The smallest absolute Gasteiger partial charge is 0.246 e. The number of carbonyl (C=O) groups excluding carboxylic acids is 1. The van der Waals surface area contributed by atoms with Crippen molar-refractivity contribution in [3.05, 3.63) is 59.7 Å². The van der Waals surface area contributed by atoms with Gasteiger partial charge in [0.2, 0.25) is 11.7 Å². The minimum atomic E-state index is -0.0676. The number of likely N-dealkylation sites (N-methyl/N-ethyl adjacent to an activating group) is 1. The van der Waals surface area contributed by atoms with Crippen molar-refractivity contribution in [3.8, 4) is 11.4 Å². The van der Waals surface area contributed by atoms with E-state index in [0.29, 0.717) is 12.4 Å². The number of nitrogens with zero attached hydrogens (tertiary/aromatic N) is 6. The van der Waals surface area contributed by atoms with E-state index in [1.807, 2.05) is 55.4 Å². The van der Waals surface area contributed by atoms with Gasteiger partial charge in [-0.1, -0.05) is 43.3 Å². The van der Waals surface area contributed by atoms with Crippen LogP contribution in [0.5, 0.6) is 0 Å². The summed E-state index contributed by atoms with van der Waals surface area (Å²) in [4.78, 5) is 17.6. The maximum atomic E-state index is 12.5. The molecule has 146 valence electrons. The number of benzene rings is 2. The molecule has 3 rings (SSSR count). The van der Waals surface area contributed by atoms with Crippen LogP contribution in [0.25, 0.3) is 11.4 Å². The fraction of sp³-hybridized carbons (Fsp3) is 0.333. The zero-order valence-corrected chi connectivity index (χ0v) is 16.8. The van der Waals surface area contributed by atoms with E-state index in [1.165, 1.54) is 10.4 Å². The van der Waals surface area contributed by atoms with Gasteiger partial charge >= 0.3 is 0 Å². The fourth-order valence-electron chi connectivity index (χ4n) is 2.82. The van der Waals surface area contributed by atoms with Gasteiger partial charge in [-0.2, -0.15) is 4.80 Å². The molecule has 0 radical (unpaired) electrons. The van der Waals surface area contributed by atoms with E-state index in [1.54, 1.807) is 11.9 Å². The number of rotatable bonds is 7. The van der Waals surface area contributed by atoms with Crippen LogP contribution >= 0.6 is 0 Å². The van der Waals surface area contributed by atoms with Crippen molar-refractivity contribution in [1.82, 2.24) is 25.1 Å². The van der Waals surface area contributed by atoms with Gasteiger partial charge in [-0.3, -0.25) is 4.79 Å². The number of aromatic nitrogens is 4. The zero-order valence-electron chi connectivity index (χ0n) is 16.8. The van der Waals surface area contributed by atoms with Gasteiger partial charge in [0.1, 0.15) is 6.54 Å². The van der Waals surface area contributed by atoms with E-state index >= 15 is 0 Å². The molecule has 0 N–H and O–H groups in total. The minimum absolute atomic E-state index is 0.0618. The van der Waals surface area contributed by atoms with Gasteiger partial charge in [-0.25, -0.2) is 0 Å². The molecule has 0 aliphatic rings. The molecule has 3 aromatic rings. The second-order valence-corrected chi connectivity index (χ2v) is 7.00. The minimum Gasteiger partial charge on any atom is -0.378 e. The Morgan fingerprint density at radius 1 is 0.964 bits per heavy atom. The lowest BCUT2D eigenvalue weighted by atomic mass is 10.1. The second kappa shape index (κ2) is 8.65. The van der Waals surface area contributed by atoms with E-state index in [-0.39, 0.29) is 12.5 Å². The van der Waals surface area contributed by atoms with E-state index < -0.39 is 0 Å². The van der Waals surface area contributed by atoms with Crippen molar-refractivity contribution in [2.24, 2.45) is 0 Å². The van der Waals surface area contributed by atoms with Crippen LogP contribution in [0, 0.1) is 0 Å². The Balaban J connectivity index is 1.60. The third kappa shape index (κ3) is 4.73. The standard InChI is InChI=1S/C21H26N6O/c1-5-16-6-10-18(11-7-16)21-22-24-27(23-21)15-20(28)26(4)14-17-8-12-19(13-9-17)25(2)3/h6-13H,5,14-15H2,1-4H3. The first kappa shape index (κ1) is 19.5. The Hall–Kier alpha value is -3.22. The van der Waals surface area contributed by atoms with Crippen LogP contribution in [0.2, 0.25) is 0 Å². The average Bonchev–Trinajstić information content (AvgIpc) is 3.17. The molecule has 2 aromatic carbocycles. The highest BCUT2D eigenvalue weighted by Crippen LogP contribution is 2.15. The van der Waals surface area contributed by atoms with E-state index in [0.717, 1.165) is 23.2 Å². The summed E-state index contributed by atoms with van der Waals surface area (Å²) in [6.45, 7) is 2.71. The first-order valence-electron chi connectivity index (χ1n) is 9.33. The summed E-state index contributed by atoms with van der Waals surface area (Å²) in [6, 6.07) is 16.2. The quantitative estimate of drug-likeness (QED) is 0.632. The molecule has 0 aliphatic heterocycles. The summed E-state index contributed by atoms with van der Waals surface area (Å²) in [7, 11) is 5.79. The maximum Gasteiger partial charge on any atom is 0.246 e. The number of hydrogen-bond donors (Lipinski definition) is 0. The summed E-state index contributed by atoms with van der Waals surface area (Å²) in [5.74, 6) is 0.458. The highest BCUT2D eigenvalue weighted by atomic mass is 16.2. The predicted octanol–water partition coefficient (Wildman–Crippen LogP) is 2.63. The van der Waals surface area contributed by atoms with Gasteiger partial charge in [0.15, 0.2) is 0 Å². The van der Waals surface area contributed by atoms with Crippen LogP contribution < -0.4 is 4.90 Å². The highest BCUT2D eigenvalue weighted by molar-refractivity contribution is 5.75. The second-order valence-electron chi connectivity index (χ2n) is 7.00. The Morgan fingerprint density at radius 2 is 1.61 bits per heavy atom. The molecule has 0 saturated heterocycles. The first-order chi connectivity index (χ1) is 13.5. The Morgan fingerprint density at radius 3 is 2.21 bits per heavy atom. The number of aryl methyl sites for hydroxylation is 1. The number of hydrogen-bond acceptors (Lipinski definition) is 5. The predicted molar refractivity (Wildman–Crippen MR) is 110 cm³/mol. The van der Waals surface area contributed by atoms with E-state index in [2.05, 4.69) is 34.5 Å². The molecule has 0 saturated carbocycles. The maximum absolute atomic E-state index is 12.5. The SMILES string of the molecule is CCc1ccc(-c2nnn(CC(=O)N(C)Cc3ccc(N(C)C)cc3)n2)cc1. The number of amides is 1. The largest absolute Gasteiger partial charge is 0.378 e. The van der Waals surface area contributed by atoms with Crippen LogP contribution in [0.4, 0.5) is 5.69 Å². The summed E-state index contributed by atoms with van der Waals surface area (Å²) < 4.78 is 0. The molecule has 0 aliphatic carbocycles. The molecular formula is C21H26N6O. The van der Waals surface area contributed by atoms with Crippen LogP contribution in [0.1, 0.15) is 18.1 Å². The third-order valence-corrected chi connectivity index (χ3v) is 4.65. The van der Waals surface area contributed by atoms with Gasteiger partial charge in [0.25, 0.3) is 0 Å². The Bertz CT molecular complexity index is 915. The molecule has 0 unspecified atom stereocenters. The molecule has 0 fully saturated rings. The molecule has 0 spiro atoms. The van der Waals surface area contributed by atoms with E-state index in [4.69, 9.17) is 0 Å². The van der Waals surface area contributed by atoms with Crippen LogP contribution in [0.3, 0.4) is 0 Å². The van der Waals surface area contributed by atoms with Crippen molar-refractivity contribution in [2.75, 3.05) is 26.0 Å². The van der Waals surface area contributed by atoms with Gasteiger partial charge in [-0.15, -0.1) is 10.2 Å². The lowest BCUT2D eigenvalue weighted by molar-refractivity contribution is -0.131. The number of anilines is 1. The van der Waals surface area contributed by atoms with Gasteiger partial charge in [0, 0.05) is 38.9 Å². The monoisotopic (exact) mass is 378 g/mol. The summed E-state index contributed by atoms with van der Waals surface area (Å²) >= 11 is 0. The van der Waals surface area contributed by atoms with Crippen molar-refractivity contribution >= 4 is 11.6 Å². The summed E-state index contributed by atoms with van der Waals surface area (Å²) in [5.41, 5.74) is 4.35. The van der Waals surface area contributed by atoms with Crippen molar-refractivity contribution in [3.63, 3.8) is 0 Å². The Kier molecular flexibility index (Phi) is 6.03. The lowest BCUT2D eigenvalue weighted by Crippen LogP contribution is -2.30. The van der Waals surface area contributed by atoms with Crippen LogP contribution in [-0.4, -0.2) is 52.2 Å². The number of tetrazole rings is 1. The van der Waals surface area contributed by atoms with Crippen LogP contribution in [0.15, 0.2) is 48.5 Å². The molecule has 1 heterocycles.